The van der Waals surface area contributed by atoms with Gasteiger partial charge >= 0.3 is 5.97 Å². The first-order valence-corrected chi connectivity index (χ1v) is 5.56. The lowest BCUT2D eigenvalue weighted by molar-refractivity contribution is -0.141. The maximum absolute atomic E-state index is 11.3. The van der Waals surface area contributed by atoms with Gasteiger partial charge in [0.05, 0.1) is 13.5 Å². The first kappa shape index (κ1) is 13.5. The number of nitrogens with two attached hydrogens (primary N) is 1. The van der Waals surface area contributed by atoms with Gasteiger partial charge < -0.3 is 15.6 Å². The zero-order chi connectivity index (χ0) is 13.0. The molecule has 1 rings (SSSR count). The number of methoxy groups -OCH3 is 1. The van der Waals surface area contributed by atoms with Crippen molar-refractivity contribution in [1.29, 1.82) is 0 Å². The van der Waals surface area contributed by atoms with Gasteiger partial charge in [-0.3, -0.25) is 4.79 Å². The minimum atomic E-state index is -0.274. The lowest BCUT2D eigenvalue weighted by Crippen LogP contribution is -2.17. The van der Waals surface area contributed by atoms with E-state index in [1.807, 2.05) is 26.0 Å². The van der Waals surface area contributed by atoms with Crippen molar-refractivity contribution in [3.63, 3.8) is 0 Å². The first-order valence-electron chi connectivity index (χ1n) is 5.56. The Hall–Kier alpha value is -1.55. The number of phenols is 1. The Labute approximate surface area is 101 Å². The molecule has 1 aromatic carbocycles. The average molecular weight is 237 g/mol. The van der Waals surface area contributed by atoms with Gasteiger partial charge in [-0.15, -0.1) is 0 Å². The van der Waals surface area contributed by atoms with Crippen LogP contribution >= 0.6 is 0 Å². The number of benzene rings is 1. The monoisotopic (exact) mass is 237 g/mol. The van der Waals surface area contributed by atoms with Crippen molar-refractivity contribution >= 4 is 5.97 Å². The Balaban J connectivity index is 3.00. The van der Waals surface area contributed by atoms with Crippen molar-refractivity contribution < 1.29 is 14.6 Å². The van der Waals surface area contributed by atoms with Crippen LogP contribution in [0.1, 0.15) is 29.0 Å². The third-order valence-electron chi connectivity index (χ3n) is 2.91. The summed E-state index contributed by atoms with van der Waals surface area (Å²) in [5.41, 5.74) is 8.23. The second kappa shape index (κ2) is 5.68. The van der Waals surface area contributed by atoms with E-state index in [1.165, 1.54) is 7.11 Å². The maximum atomic E-state index is 11.3. The molecule has 0 aromatic heterocycles. The molecule has 1 aromatic rings. The van der Waals surface area contributed by atoms with Crippen LogP contribution in [-0.2, 0) is 9.53 Å². The number of carbonyl (C=O) groups is 1. The molecule has 0 fully saturated rings. The second-order valence-corrected chi connectivity index (χ2v) is 4.22. The molecule has 0 aliphatic rings. The summed E-state index contributed by atoms with van der Waals surface area (Å²) in [6, 6.07) is 3.73. The molecule has 0 bridgehead atoms. The zero-order valence-electron chi connectivity index (χ0n) is 10.5. The van der Waals surface area contributed by atoms with Crippen LogP contribution in [0.5, 0.6) is 5.75 Å². The van der Waals surface area contributed by atoms with E-state index in [1.54, 1.807) is 0 Å². The molecule has 3 N–H and O–H groups in total. The Morgan fingerprint density at radius 2 is 1.94 bits per heavy atom. The summed E-state index contributed by atoms with van der Waals surface area (Å²) in [5, 5.41) is 9.69. The largest absolute Gasteiger partial charge is 0.507 e. The van der Waals surface area contributed by atoms with Gasteiger partial charge in [-0.2, -0.15) is 0 Å². The topological polar surface area (TPSA) is 72.5 Å². The molecule has 0 aliphatic carbocycles. The molecule has 0 saturated carbocycles. The van der Waals surface area contributed by atoms with E-state index < -0.39 is 0 Å². The van der Waals surface area contributed by atoms with Gasteiger partial charge in [0, 0.05) is 5.92 Å². The van der Waals surface area contributed by atoms with E-state index in [4.69, 9.17) is 5.73 Å². The number of rotatable bonds is 4. The molecule has 0 amide bonds. The third-order valence-corrected chi connectivity index (χ3v) is 2.91. The summed E-state index contributed by atoms with van der Waals surface area (Å²) in [6.07, 6.45) is 0.261. The molecule has 0 heterocycles. The molecule has 94 valence electrons. The van der Waals surface area contributed by atoms with E-state index in [9.17, 15) is 9.90 Å². The van der Waals surface area contributed by atoms with Crippen molar-refractivity contribution in [3.05, 3.63) is 28.8 Å². The standard InChI is InChI=1S/C13H19NO3/c1-8-4-10(5-9(2)13(8)16)11(7-14)6-12(15)17-3/h4-5,11,16H,6-7,14H2,1-3H3. The maximum Gasteiger partial charge on any atom is 0.306 e. The van der Waals surface area contributed by atoms with Crippen molar-refractivity contribution in [3.8, 4) is 5.75 Å². The minimum Gasteiger partial charge on any atom is -0.507 e. The fourth-order valence-electron chi connectivity index (χ4n) is 1.85. The summed E-state index contributed by atoms with van der Waals surface area (Å²) < 4.78 is 4.64. The van der Waals surface area contributed by atoms with E-state index in [2.05, 4.69) is 4.74 Å². The lowest BCUT2D eigenvalue weighted by atomic mass is 9.92. The Morgan fingerprint density at radius 3 is 2.35 bits per heavy atom. The second-order valence-electron chi connectivity index (χ2n) is 4.22. The van der Waals surface area contributed by atoms with Crippen LogP contribution in [-0.4, -0.2) is 24.7 Å². The van der Waals surface area contributed by atoms with Gasteiger partial charge in [0.25, 0.3) is 0 Å². The number of phenolic OH excluding ortho intramolecular Hbond substituents is 1. The fourth-order valence-corrected chi connectivity index (χ4v) is 1.85. The number of aryl methyl sites for hydroxylation is 2. The van der Waals surface area contributed by atoms with Crippen molar-refractivity contribution in [1.82, 2.24) is 0 Å². The van der Waals surface area contributed by atoms with Crippen LogP contribution in [0.15, 0.2) is 12.1 Å². The number of aromatic hydroxyl groups is 1. The predicted octanol–water partition coefficient (Wildman–Crippen LogP) is 1.61. The number of carbonyl (C=O) groups excluding carboxylic acids is 1. The molecule has 4 nitrogen and oxygen atoms in total. The highest BCUT2D eigenvalue weighted by atomic mass is 16.5. The van der Waals surface area contributed by atoms with Crippen LogP contribution in [0.25, 0.3) is 0 Å². The summed E-state index contributed by atoms with van der Waals surface area (Å²) in [6.45, 7) is 4.04. The quantitative estimate of drug-likeness (QED) is 0.780. The first-order chi connectivity index (χ1) is 7.99. The predicted molar refractivity (Wildman–Crippen MR) is 66.0 cm³/mol. The summed E-state index contributed by atoms with van der Waals surface area (Å²) in [4.78, 5) is 11.3. The van der Waals surface area contributed by atoms with Gasteiger partial charge in [-0.25, -0.2) is 0 Å². The normalized spacial score (nSPS) is 12.2. The summed E-state index contributed by atoms with van der Waals surface area (Å²) >= 11 is 0. The summed E-state index contributed by atoms with van der Waals surface area (Å²) in [5.74, 6) is -0.0492. The molecule has 1 atom stereocenters. The highest BCUT2D eigenvalue weighted by Gasteiger charge is 2.16. The third kappa shape index (κ3) is 3.20. The number of hydrogen-bond acceptors (Lipinski definition) is 4. The molecular formula is C13H19NO3. The smallest absolute Gasteiger partial charge is 0.306 e. The number of ether oxygens (including phenoxy) is 1. The Bertz CT molecular complexity index is 392. The fraction of sp³-hybridized carbons (Fsp3) is 0.462. The molecule has 4 heteroatoms. The van der Waals surface area contributed by atoms with E-state index in [-0.39, 0.29) is 18.3 Å². The Morgan fingerprint density at radius 1 is 1.41 bits per heavy atom. The van der Waals surface area contributed by atoms with Crippen LogP contribution in [0.4, 0.5) is 0 Å². The van der Waals surface area contributed by atoms with E-state index >= 15 is 0 Å². The molecule has 17 heavy (non-hydrogen) atoms. The van der Waals surface area contributed by atoms with Crippen LogP contribution in [0.2, 0.25) is 0 Å². The molecule has 0 spiro atoms. The molecule has 0 aliphatic heterocycles. The number of esters is 1. The van der Waals surface area contributed by atoms with Crippen LogP contribution in [0.3, 0.4) is 0 Å². The molecule has 0 radical (unpaired) electrons. The molecule has 0 saturated heterocycles. The van der Waals surface area contributed by atoms with Gasteiger partial charge in [0.2, 0.25) is 0 Å². The van der Waals surface area contributed by atoms with Gasteiger partial charge in [-0.05, 0) is 37.1 Å². The van der Waals surface area contributed by atoms with Gasteiger partial charge in [-0.1, -0.05) is 12.1 Å². The van der Waals surface area contributed by atoms with E-state index in [0.29, 0.717) is 12.3 Å². The molecule has 1 unspecified atom stereocenters. The minimum absolute atomic E-state index is 0.0690. The van der Waals surface area contributed by atoms with E-state index in [0.717, 1.165) is 16.7 Å². The van der Waals surface area contributed by atoms with Gasteiger partial charge in [0.1, 0.15) is 5.75 Å². The average Bonchev–Trinajstić information content (AvgIpc) is 2.31. The lowest BCUT2D eigenvalue weighted by Gasteiger charge is -2.16. The Kier molecular flexibility index (Phi) is 4.52. The number of hydrogen-bond donors (Lipinski definition) is 2. The highest BCUT2D eigenvalue weighted by Crippen LogP contribution is 2.28. The van der Waals surface area contributed by atoms with Crippen LogP contribution < -0.4 is 5.73 Å². The zero-order valence-corrected chi connectivity index (χ0v) is 10.5. The van der Waals surface area contributed by atoms with Gasteiger partial charge in [0.15, 0.2) is 0 Å². The SMILES string of the molecule is COC(=O)CC(CN)c1cc(C)c(O)c(C)c1. The highest BCUT2D eigenvalue weighted by molar-refractivity contribution is 5.70. The van der Waals surface area contributed by atoms with Crippen molar-refractivity contribution in [2.24, 2.45) is 5.73 Å². The van der Waals surface area contributed by atoms with Crippen LogP contribution in [0, 0.1) is 13.8 Å². The van der Waals surface area contributed by atoms with Crippen molar-refractivity contribution in [2.45, 2.75) is 26.2 Å². The summed E-state index contributed by atoms with van der Waals surface area (Å²) in [7, 11) is 1.36. The van der Waals surface area contributed by atoms with Crippen molar-refractivity contribution in [2.75, 3.05) is 13.7 Å². The molecular weight excluding hydrogens is 218 g/mol.